The molecule has 0 radical (unpaired) electrons. The van der Waals surface area contributed by atoms with E-state index in [2.05, 4.69) is 42.6 Å². The van der Waals surface area contributed by atoms with E-state index >= 15 is 0 Å². The summed E-state index contributed by atoms with van der Waals surface area (Å²) in [5.41, 5.74) is 1.49. The van der Waals surface area contributed by atoms with Gasteiger partial charge >= 0.3 is 0 Å². The van der Waals surface area contributed by atoms with E-state index in [1.807, 2.05) is 12.5 Å². The van der Waals surface area contributed by atoms with E-state index in [9.17, 15) is 0 Å². The molecular formula is C12H23N3. The Labute approximate surface area is 92.9 Å². The first-order chi connectivity index (χ1) is 7.05. The molecule has 86 valence electrons. The van der Waals surface area contributed by atoms with Gasteiger partial charge in [-0.3, -0.25) is 0 Å². The second-order valence-corrected chi connectivity index (χ2v) is 4.97. The fraction of sp³-hybridized carbons (Fsp3) is 0.750. The van der Waals surface area contributed by atoms with Gasteiger partial charge in [0.25, 0.3) is 0 Å². The van der Waals surface area contributed by atoms with Gasteiger partial charge in [0.05, 0.1) is 6.33 Å². The van der Waals surface area contributed by atoms with E-state index in [-0.39, 0.29) is 5.41 Å². The maximum atomic E-state index is 4.22. The van der Waals surface area contributed by atoms with Crippen LogP contribution < -0.4 is 5.32 Å². The van der Waals surface area contributed by atoms with Crippen molar-refractivity contribution >= 4 is 0 Å². The minimum Gasteiger partial charge on any atom is -0.333 e. The molecule has 0 aromatic carbocycles. The highest BCUT2D eigenvalue weighted by atomic mass is 15.1. The smallest absolute Gasteiger partial charge is 0.0948 e. The third-order valence-electron chi connectivity index (χ3n) is 2.44. The summed E-state index contributed by atoms with van der Waals surface area (Å²) in [5, 5.41) is 3.40. The molecule has 15 heavy (non-hydrogen) atoms. The van der Waals surface area contributed by atoms with E-state index in [0.717, 1.165) is 19.6 Å². The van der Waals surface area contributed by atoms with Gasteiger partial charge in [0.2, 0.25) is 0 Å². The van der Waals surface area contributed by atoms with Crippen LogP contribution in [0.25, 0.3) is 0 Å². The lowest BCUT2D eigenvalue weighted by Gasteiger charge is -2.20. The molecule has 0 aliphatic rings. The number of rotatable bonds is 5. The van der Waals surface area contributed by atoms with Gasteiger partial charge in [-0.2, -0.15) is 0 Å². The molecule has 0 fully saturated rings. The summed E-state index contributed by atoms with van der Waals surface area (Å²) < 4.78 is 2.24. The lowest BCUT2D eigenvalue weighted by molar-refractivity contribution is 0.502. The molecule has 0 aliphatic heterocycles. The zero-order valence-electron chi connectivity index (χ0n) is 10.4. The van der Waals surface area contributed by atoms with Crippen LogP contribution in [-0.4, -0.2) is 22.6 Å². The number of hydrogen-bond donors (Lipinski definition) is 1. The SMILES string of the molecule is CCCNCCn1cncc1C(C)(C)C. The molecule has 0 saturated carbocycles. The first-order valence-corrected chi connectivity index (χ1v) is 5.77. The largest absolute Gasteiger partial charge is 0.333 e. The van der Waals surface area contributed by atoms with Crippen molar-refractivity contribution in [3.63, 3.8) is 0 Å². The lowest BCUT2D eigenvalue weighted by atomic mass is 9.92. The number of aromatic nitrogens is 2. The Balaban J connectivity index is 2.51. The van der Waals surface area contributed by atoms with Gasteiger partial charge in [-0.1, -0.05) is 27.7 Å². The van der Waals surface area contributed by atoms with Crippen LogP contribution in [0.15, 0.2) is 12.5 Å². The molecular weight excluding hydrogens is 186 g/mol. The molecule has 0 unspecified atom stereocenters. The van der Waals surface area contributed by atoms with Crippen molar-refractivity contribution in [3.05, 3.63) is 18.2 Å². The summed E-state index contributed by atoms with van der Waals surface area (Å²) in [7, 11) is 0. The maximum absolute atomic E-state index is 4.22. The predicted octanol–water partition coefficient (Wildman–Crippen LogP) is 2.18. The van der Waals surface area contributed by atoms with Gasteiger partial charge in [-0.05, 0) is 13.0 Å². The summed E-state index contributed by atoms with van der Waals surface area (Å²) in [6.07, 6.45) is 5.09. The number of nitrogens with zero attached hydrogens (tertiary/aromatic N) is 2. The monoisotopic (exact) mass is 209 g/mol. The summed E-state index contributed by atoms with van der Waals surface area (Å²) >= 11 is 0. The van der Waals surface area contributed by atoms with Crippen molar-refractivity contribution < 1.29 is 0 Å². The quantitative estimate of drug-likeness (QED) is 0.753. The zero-order chi connectivity index (χ0) is 11.3. The fourth-order valence-corrected chi connectivity index (χ4v) is 1.62. The van der Waals surface area contributed by atoms with Crippen LogP contribution in [0, 0.1) is 0 Å². The molecule has 0 bridgehead atoms. The van der Waals surface area contributed by atoms with Gasteiger partial charge in [0, 0.05) is 30.4 Å². The van der Waals surface area contributed by atoms with E-state index in [1.54, 1.807) is 0 Å². The molecule has 0 spiro atoms. The summed E-state index contributed by atoms with van der Waals surface area (Å²) in [6, 6.07) is 0. The van der Waals surface area contributed by atoms with Gasteiger partial charge in [0.1, 0.15) is 0 Å². The first kappa shape index (κ1) is 12.2. The average molecular weight is 209 g/mol. The number of hydrogen-bond acceptors (Lipinski definition) is 2. The van der Waals surface area contributed by atoms with E-state index in [0.29, 0.717) is 0 Å². The van der Waals surface area contributed by atoms with Gasteiger partial charge in [-0.15, -0.1) is 0 Å². The van der Waals surface area contributed by atoms with Gasteiger partial charge in [0.15, 0.2) is 0 Å². The Kier molecular flexibility index (Phi) is 4.33. The molecule has 1 aromatic heterocycles. The Morgan fingerprint density at radius 3 is 2.67 bits per heavy atom. The van der Waals surface area contributed by atoms with Crippen LogP contribution in [0.4, 0.5) is 0 Å². The standard InChI is InChI=1S/C12H23N3/c1-5-6-13-7-8-15-10-14-9-11(15)12(2,3)4/h9-10,13H,5-8H2,1-4H3. The molecule has 0 amide bonds. The van der Waals surface area contributed by atoms with Gasteiger partial charge in [-0.25, -0.2) is 4.98 Å². The first-order valence-electron chi connectivity index (χ1n) is 5.77. The molecule has 1 heterocycles. The maximum Gasteiger partial charge on any atom is 0.0948 e. The molecule has 1 N–H and O–H groups in total. The topological polar surface area (TPSA) is 29.9 Å². The molecule has 0 atom stereocenters. The Morgan fingerprint density at radius 1 is 1.33 bits per heavy atom. The number of imidazole rings is 1. The summed E-state index contributed by atoms with van der Waals surface area (Å²) in [6.45, 7) is 12.0. The minimum absolute atomic E-state index is 0.182. The van der Waals surface area contributed by atoms with Crippen LogP contribution in [0.3, 0.4) is 0 Å². The van der Waals surface area contributed by atoms with Crippen LogP contribution >= 0.6 is 0 Å². The molecule has 0 saturated heterocycles. The third-order valence-corrected chi connectivity index (χ3v) is 2.44. The summed E-state index contributed by atoms with van der Waals surface area (Å²) in [4.78, 5) is 4.22. The second-order valence-electron chi connectivity index (χ2n) is 4.97. The van der Waals surface area contributed by atoms with E-state index in [4.69, 9.17) is 0 Å². The molecule has 1 aromatic rings. The second kappa shape index (κ2) is 5.31. The Bertz CT molecular complexity index is 283. The van der Waals surface area contributed by atoms with Crippen molar-refractivity contribution in [1.82, 2.24) is 14.9 Å². The van der Waals surface area contributed by atoms with Crippen LogP contribution in [0.5, 0.6) is 0 Å². The highest BCUT2D eigenvalue weighted by molar-refractivity contribution is 5.10. The fourth-order valence-electron chi connectivity index (χ4n) is 1.62. The molecule has 3 heteroatoms. The van der Waals surface area contributed by atoms with Crippen LogP contribution in [0.1, 0.15) is 39.8 Å². The molecule has 0 aliphatic carbocycles. The third kappa shape index (κ3) is 3.67. The summed E-state index contributed by atoms with van der Waals surface area (Å²) in [5.74, 6) is 0. The number of nitrogens with one attached hydrogen (secondary N) is 1. The molecule has 3 nitrogen and oxygen atoms in total. The van der Waals surface area contributed by atoms with Crippen molar-refractivity contribution in [1.29, 1.82) is 0 Å². The predicted molar refractivity (Wildman–Crippen MR) is 64.1 cm³/mol. The van der Waals surface area contributed by atoms with Gasteiger partial charge < -0.3 is 9.88 Å². The average Bonchev–Trinajstić information content (AvgIpc) is 2.59. The lowest BCUT2D eigenvalue weighted by Crippen LogP contribution is -2.24. The molecule has 1 rings (SSSR count). The van der Waals surface area contributed by atoms with Crippen molar-refractivity contribution in [3.8, 4) is 0 Å². The van der Waals surface area contributed by atoms with Crippen molar-refractivity contribution in [2.75, 3.05) is 13.1 Å². The van der Waals surface area contributed by atoms with Crippen LogP contribution in [0.2, 0.25) is 0 Å². The van der Waals surface area contributed by atoms with Crippen LogP contribution in [-0.2, 0) is 12.0 Å². The van der Waals surface area contributed by atoms with Crippen molar-refractivity contribution in [2.45, 2.75) is 46.1 Å². The van der Waals surface area contributed by atoms with Crippen molar-refractivity contribution in [2.24, 2.45) is 0 Å². The minimum atomic E-state index is 0.182. The highest BCUT2D eigenvalue weighted by Gasteiger charge is 2.17. The zero-order valence-corrected chi connectivity index (χ0v) is 10.4. The van der Waals surface area contributed by atoms with E-state index in [1.165, 1.54) is 12.1 Å². The normalized spacial score (nSPS) is 12.0. The Morgan fingerprint density at radius 2 is 2.07 bits per heavy atom. The van der Waals surface area contributed by atoms with E-state index < -0.39 is 0 Å². The Hall–Kier alpha value is -0.830. The highest BCUT2D eigenvalue weighted by Crippen LogP contribution is 2.21.